The van der Waals surface area contributed by atoms with Gasteiger partial charge >= 0.3 is 0 Å². The molecule has 1 aliphatic carbocycles. The molecule has 88 valence electrons. The van der Waals surface area contributed by atoms with Crippen LogP contribution in [0.5, 0.6) is 5.75 Å². The maximum atomic E-state index is 13.8. The van der Waals surface area contributed by atoms with E-state index in [-0.39, 0.29) is 11.3 Å². The third-order valence-electron chi connectivity index (χ3n) is 3.32. The molecule has 0 radical (unpaired) electrons. The first kappa shape index (κ1) is 11.9. The fourth-order valence-corrected chi connectivity index (χ4v) is 2.78. The second-order valence-electron chi connectivity index (χ2n) is 4.47. The van der Waals surface area contributed by atoms with Gasteiger partial charge < -0.3 is 10.8 Å². The lowest BCUT2D eigenvalue weighted by molar-refractivity contribution is 0.281. The van der Waals surface area contributed by atoms with Crippen molar-refractivity contribution in [1.82, 2.24) is 0 Å². The molecular formula is C12H15BrFNO. The first-order valence-corrected chi connectivity index (χ1v) is 6.30. The lowest BCUT2D eigenvalue weighted by Crippen LogP contribution is -2.39. The lowest BCUT2D eigenvalue weighted by Gasteiger charge is -2.34. The number of halogens is 2. The highest BCUT2D eigenvalue weighted by atomic mass is 79.9. The van der Waals surface area contributed by atoms with Crippen LogP contribution in [0.1, 0.15) is 37.7 Å². The monoisotopic (exact) mass is 287 g/mol. The first-order chi connectivity index (χ1) is 7.54. The van der Waals surface area contributed by atoms with Crippen molar-refractivity contribution >= 4 is 15.9 Å². The number of benzene rings is 1. The molecule has 0 aliphatic heterocycles. The molecule has 4 heteroatoms. The second kappa shape index (κ2) is 4.34. The summed E-state index contributed by atoms with van der Waals surface area (Å²) in [4.78, 5) is 0. The van der Waals surface area contributed by atoms with Gasteiger partial charge in [0.2, 0.25) is 0 Å². The molecule has 1 aliphatic rings. The van der Waals surface area contributed by atoms with Crippen LogP contribution in [0.2, 0.25) is 0 Å². The van der Waals surface area contributed by atoms with Crippen molar-refractivity contribution in [3.63, 3.8) is 0 Å². The van der Waals surface area contributed by atoms with Crippen LogP contribution >= 0.6 is 15.9 Å². The fourth-order valence-electron chi connectivity index (χ4n) is 2.45. The summed E-state index contributed by atoms with van der Waals surface area (Å²) in [5, 5.41) is 9.93. The molecule has 1 aromatic rings. The number of phenolic OH excluding ortho intramolecular Hbond substituents is 1. The molecule has 0 spiro atoms. The van der Waals surface area contributed by atoms with Crippen molar-refractivity contribution in [3.05, 3.63) is 28.0 Å². The zero-order valence-electron chi connectivity index (χ0n) is 8.97. The molecule has 0 heterocycles. The highest BCUT2D eigenvalue weighted by Crippen LogP contribution is 2.42. The van der Waals surface area contributed by atoms with Gasteiger partial charge in [-0.1, -0.05) is 19.3 Å². The molecule has 0 atom stereocenters. The average Bonchev–Trinajstić information content (AvgIpc) is 2.25. The van der Waals surface area contributed by atoms with Crippen LogP contribution in [0.3, 0.4) is 0 Å². The summed E-state index contributed by atoms with van der Waals surface area (Å²) in [6.07, 6.45) is 4.57. The maximum absolute atomic E-state index is 13.8. The largest absolute Gasteiger partial charge is 0.506 e. The van der Waals surface area contributed by atoms with Crippen LogP contribution in [0.15, 0.2) is 16.6 Å². The minimum Gasteiger partial charge on any atom is -0.506 e. The normalized spacial score (nSPS) is 19.7. The van der Waals surface area contributed by atoms with Gasteiger partial charge in [-0.3, -0.25) is 0 Å². The van der Waals surface area contributed by atoms with Crippen LogP contribution < -0.4 is 5.73 Å². The number of hydrogen-bond donors (Lipinski definition) is 2. The number of nitrogens with two attached hydrogens (primary N) is 1. The summed E-state index contributed by atoms with van der Waals surface area (Å²) < 4.78 is 14.3. The topological polar surface area (TPSA) is 46.2 Å². The smallest absolute Gasteiger partial charge is 0.137 e. The first-order valence-electron chi connectivity index (χ1n) is 5.51. The van der Waals surface area contributed by atoms with Crippen molar-refractivity contribution in [3.8, 4) is 5.75 Å². The zero-order valence-corrected chi connectivity index (χ0v) is 10.6. The van der Waals surface area contributed by atoms with Gasteiger partial charge in [0.15, 0.2) is 0 Å². The number of phenols is 1. The molecular weight excluding hydrogens is 273 g/mol. The van der Waals surface area contributed by atoms with E-state index in [1.807, 2.05) is 0 Å². The van der Waals surface area contributed by atoms with Crippen LogP contribution in [-0.2, 0) is 5.54 Å². The van der Waals surface area contributed by atoms with Gasteiger partial charge in [-0.2, -0.15) is 0 Å². The van der Waals surface area contributed by atoms with E-state index in [0.717, 1.165) is 32.1 Å². The fraction of sp³-hybridized carbons (Fsp3) is 0.500. The average molecular weight is 288 g/mol. The van der Waals surface area contributed by atoms with Gasteiger partial charge in [-0.15, -0.1) is 0 Å². The number of hydrogen-bond acceptors (Lipinski definition) is 2. The summed E-state index contributed by atoms with van der Waals surface area (Å²) in [5.41, 5.74) is 5.78. The summed E-state index contributed by atoms with van der Waals surface area (Å²) in [6, 6.07) is 2.85. The van der Waals surface area contributed by atoms with E-state index in [1.165, 1.54) is 12.1 Å². The quantitative estimate of drug-likeness (QED) is 0.831. The molecule has 1 saturated carbocycles. The molecule has 0 saturated heterocycles. The maximum Gasteiger partial charge on any atom is 0.137 e. The van der Waals surface area contributed by atoms with Crippen LogP contribution in [0, 0.1) is 5.82 Å². The Hall–Kier alpha value is -0.610. The van der Waals surface area contributed by atoms with Gasteiger partial charge in [0.25, 0.3) is 0 Å². The van der Waals surface area contributed by atoms with Gasteiger partial charge in [-0.05, 0) is 40.9 Å². The molecule has 2 nitrogen and oxygen atoms in total. The second-order valence-corrected chi connectivity index (χ2v) is 5.32. The van der Waals surface area contributed by atoms with Crippen LogP contribution in [-0.4, -0.2) is 5.11 Å². The van der Waals surface area contributed by atoms with Crippen LogP contribution in [0.4, 0.5) is 4.39 Å². The third kappa shape index (κ3) is 1.96. The molecule has 0 unspecified atom stereocenters. The molecule has 0 aromatic heterocycles. The number of rotatable bonds is 1. The van der Waals surface area contributed by atoms with Gasteiger partial charge in [0.05, 0.1) is 10.0 Å². The Bertz CT molecular complexity index is 402. The predicted octanol–water partition coefficient (Wildman–Crippen LogP) is 3.41. The minimum atomic E-state index is -0.712. The summed E-state index contributed by atoms with van der Waals surface area (Å²) in [7, 11) is 0. The Balaban J connectivity index is 2.49. The highest BCUT2D eigenvalue weighted by molar-refractivity contribution is 9.10. The Kier molecular flexibility index (Phi) is 3.22. The Labute approximate surface area is 103 Å². The van der Waals surface area contributed by atoms with Gasteiger partial charge in [-0.25, -0.2) is 4.39 Å². The van der Waals surface area contributed by atoms with Crippen molar-refractivity contribution in [2.75, 3.05) is 0 Å². The number of aromatic hydroxyl groups is 1. The Morgan fingerprint density at radius 3 is 2.50 bits per heavy atom. The summed E-state index contributed by atoms with van der Waals surface area (Å²) in [5.74, 6) is -0.463. The molecule has 16 heavy (non-hydrogen) atoms. The molecule has 2 rings (SSSR count). The molecule has 0 amide bonds. The van der Waals surface area contributed by atoms with E-state index >= 15 is 0 Å². The van der Waals surface area contributed by atoms with Gasteiger partial charge in [0.1, 0.15) is 11.6 Å². The predicted molar refractivity (Wildman–Crippen MR) is 64.7 cm³/mol. The van der Waals surface area contributed by atoms with E-state index < -0.39 is 11.4 Å². The molecule has 1 aromatic carbocycles. The van der Waals surface area contributed by atoms with E-state index in [0.29, 0.717) is 4.47 Å². The van der Waals surface area contributed by atoms with E-state index in [4.69, 9.17) is 5.73 Å². The van der Waals surface area contributed by atoms with Crippen molar-refractivity contribution in [2.24, 2.45) is 5.73 Å². The standard InChI is InChI=1S/C12H15BrFNO/c13-8-4-5-9(14)10(11(8)16)12(15)6-2-1-3-7-12/h4-5,16H,1-3,6-7,15H2. The van der Waals surface area contributed by atoms with Crippen molar-refractivity contribution in [1.29, 1.82) is 0 Å². The lowest BCUT2D eigenvalue weighted by atomic mass is 9.77. The Morgan fingerprint density at radius 2 is 1.88 bits per heavy atom. The molecule has 1 fully saturated rings. The molecule has 3 N–H and O–H groups in total. The van der Waals surface area contributed by atoms with E-state index in [9.17, 15) is 9.50 Å². The van der Waals surface area contributed by atoms with Gasteiger partial charge in [0, 0.05) is 5.54 Å². The van der Waals surface area contributed by atoms with E-state index in [2.05, 4.69) is 15.9 Å². The van der Waals surface area contributed by atoms with Crippen molar-refractivity contribution < 1.29 is 9.50 Å². The highest BCUT2D eigenvalue weighted by Gasteiger charge is 2.35. The van der Waals surface area contributed by atoms with Crippen LogP contribution in [0.25, 0.3) is 0 Å². The van der Waals surface area contributed by atoms with Crippen molar-refractivity contribution in [2.45, 2.75) is 37.6 Å². The minimum absolute atomic E-state index is 0.0515. The summed E-state index contributed by atoms with van der Waals surface area (Å²) in [6.45, 7) is 0. The molecule has 0 bridgehead atoms. The Morgan fingerprint density at radius 1 is 1.25 bits per heavy atom. The zero-order chi connectivity index (χ0) is 11.8. The third-order valence-corrected chi connectivity index (χ3v) is 3.96. The van der Waals surface area contributed by atoms with E-state index in [1.54, 1.807) is 0 Å². The summed E-state index contributed by atoms with van der Waals surface area (Å²) >= 11 is 3.20. The SMILES string of the molecule is NC1(c2c(F)ccc(Br)c2O)CCCCC1.